The lowest BCUT2D eigenvalue weighted by Gasteiger charge is -1.92. The van der Waals surface area contributed by atoms with Gasteiger partial charge < -0.3 is 5.73 Å². The Morgan fingerprint density at radius 3 is 2.70 bits per heavy atom. The summed E-state index contributed by atoms with van der Waals surface area (Å²) in [5.74, 6) is -0.439. The SMILES string of the molecule is NC(=O)c1cncc(I)c1. The van der Waals surface area contributed by atoms with E-state index in [9.17, 15) is 4.79 Å². The Bertz CT molecular complexity index is 262. The van der Waals surface area contributed by atoms with Crippen molar-refractivity contribution in [3.8, 4) is 0 Å². The number of nitrogens with zero attached hydrogens (tertiary/aromatic N) is 1. The second-order valence-electron chi connectivity index (χ2n) is 1.76. The number of pyridine rings is 1. The lowest BCUT2D eigenvalue weighted by atomic mass is 10.3. The molecule has 52 valence electrons. The van der Waals surface area contributed by atoms with Crippen molar-refractivity contribution in [2.75, 3.05) is 0 Å². The lowest BCUT2D eigenvalue weighted by Crippen LogP contribution is -2.11. The minimum atomic E-state index is -0.439. The number of carbonyl (C=O) groups excluding carboxylic acids is 1. The zero-order valence-corrected chi connectivity index (χ0v) is 7.20. The summed E-state index contributed by atoms with van der Waals surface area (Å²) in [7, 11) is 0. The van der Waals surface area contributed by atoms with E-state index < -0.39 is 5.91 Å². The van der Waals surface area contributed by atoms with Gasteiger partial charge in [0.05, 0.1) is 5.56 Å². The van der Waals surface area contributed by atoms with Gasteiger partial charge in [-0.25, -0.2) is 0 Å². The van der Waals surface area contributed by atoms with E-state index >= 15 is 0 Å². The largest absolute Gasteiger partial charge is 0.366 e. The molecule has 3 nitrogen and oxygen atoms in total. The smallest absolute Gasteiger partial charge is 0.250 e. The van der Waals surface area contributed by atoms with Crippen LogP contribution < -0.4 is 5.73 Å². The molecule has 0 fully saturated rings. The van der Waals surface area contributed by atoms with Gasteiger partial charge in [-0.3, -0.25) is 9.78 Å². The van der Waals surface area contributed by atoms with Crippen molar-refractivity contribution >= 4 is 28.5 Å². The van der Waals surface area contributed by atoms with Crippen molar-refractivity contribution < 1.29 is 4.79 Å². The topological polar surface area (TPSA) is 56.0 Å². The van der Waals surface area contributed by atoms with Gasteiger partial charge >= 0.3 is 0 Å². The summed E-state index contributed by atoms with van der Waals surface area (Å²) in [4.78, 5) is 14.3. The van der Waals surface area contributed by atoms with E-state index in [2.05, 4.69) is 27.6 Å². The van der Waals surface area contributed by atoms with Gasteiger partial charge in [-0.15, -0.1) is 0 Å². The van der Waals surface area contributed by atoms with E-state index in [-0.39, 0.29) is 0 Å². The zero-order chi connectivity index (χ0) is 7.56. The monoisotopic (exact) mass is 248 g/mol. The number of hydrogen-bond donors (Lipinski definition) is 1. The van der Waals surface area contributed by atoms with Crippen molar-refractivity contribution in [2.45, 2.75) is 0 Å². The molecule has 0 bridgehead atoms. The molecule has 0 saturated carbocycles. The first-order valence-corrected chi connectivity index (χ1v) is 3.68. The molecule has 0 saturated heterocycles. The Hall–Kier alpha value is -0.650. The average molecular weight is 248 g/mol. The fourth-order valence-electron chi connectivity index (χ4n) is 0.547. The Morgan fingerprint density at radius 1 is 1.60 bits per heavy atom. The fraction of sp³-hybridized carbons (Fsp3) is 0. The van der Waals surface area contributed by atoms with Crippen molar-refractivity contribution in [1.82, 2.24) is 4.98 Å². The van der Waals surface area contributed by atoms with E-state index in [1.54, 1.807) is 12.3 Å². The van der Waals surface area contributed by atoms with Crippen molar-refractivity contribution in [3.05, 3.63) is 27.6 Å². The first kappa shape index (κ1) is 7.46. The van der Waals surface area contributed by atoms with Crippen LogP contribution in [0.2, 0.25) is 0 Å². The highest BCUT2D eigenvalue weighted by Crippen LogP contribution is 2.03. The Kier molecular flexibility index (Phi) is 2.21. The number of halogens is 1. The second-order valence-corrected chi connectivity index (χ2v) is 3.00. The first-order chi connectivity index (χ1) is 4.70. The predicted octanol–water partition coefficient (Wildman–Crippen LogP) is 0.785. The van der Waals surface area contributed by atoms with Crippen LogP contribution in [-0.2, 0) is 0 Å². The fourth-order valence-corrected chi connectivity index (χ4v) is 1.04. The maximum atomic E-state index is 10.5. The summed E-state index contributed by atoms with van der Waals surface area (Å²) in [6, 6.07) is 1.69. The standard InChI is InChI=1S/C6H5IN2O/c7-5-1-4(6(8)10)2-9-3-5/h1-3H,(H2,8,10). The normalized spacial score (nSPS) is 9.30. The number of amides is 1. The van der Waals surface area contributed by atoms with Crippen LogP contribution in [0.4, 0.5) is 0 Å². The van der Waals surface area contributed by atoms with Gasteiger partial charge in [-0.1, -0.05) is 0 Å². The molecule has 1 heterocycles. The summed E-state index contributed by atoms with van der Waals surface area (Å²) in [5, 5.41) is 0. The number of hydrogen-bond acceptors (Lipinski definition) is 2. The van der Waals surface area contributed by atoms with Crippen molar-refractivity contribution in [3.63, 3.8) is 0 Å². The zero-order valence-electron chi connectivity index (χ0n) is 5.04. The van der Waals surface area contributed by atoms with E-state index in [0.717, 1.165) is 3.57 Å². The average Bonchev–Trinajstić information content (AvgIpc) is 1.88. The summed E-state index contributed by atoms with van der Waals surface area (Å²) in [6.07, 6.45) is 3.11. The lowest BCUT2D eigenvalue weighted by molar-refractivity contribution is 0.1000. The van der Waals surface area contributed by atoms with E-state index in [1.807, 2.05) is 0 Å². The molecule has 1 aromatic rings. The first-order valence-electron chi connectivity index (χ1n) is 2.60. The minimum absolute atomic E-state index is 0.439. The maximum absolute atomic E-state index is 10.5. The van der Waals surface area contributed by atoms with Gasteiger partial charge in [0, 0.05) is 16.0 Å². The van der Waals surface area contributed by atoms with Gasteiger partial charge in [0.15, 0.2) is 0 Å². The van der Waals surface area contributed by atoms with Gasteiger partial charge in [-0.05, 0) is 28.7 Å². The van der Waals surface area contributed by atoms with Gasteiger partial charge in [0.25, 0.3) is 0 Å². The van der Waals surface area contributed by atoms with Crippen LogP contribution in [0.3, 0.4) is 0 Å². The van der Waals surface area contributed by atoms with Crippen molar-refractivity contribution in [1.29, 1.82) is 0 Å². The molecule has 0 aliphatic carbocycles. The summed E-state index contributed by atoms with van der Waals surface area (Å²) in [5.41, 5.74) is 5.45. The minimum Gasteiger partial charge on any atom is -0.366 e. The van der Waals surface area contributed by atoms with E-state index in [4.69, 9.17) is 5.73 Å². The highest BCUT2D eigenvalue weighted by Gasteiger charge is 1.98. The molecule has 0 aromatic carbocycles. The molecule has 4 heteroatoms. The molecule has 1 aromatic heterocycles. The van der Waals surface area contributed by atoms with Gasteiger partial charge in [0.2, 0.25) is 5.91 Å². The van der Waals surface area contributed by atoms with Crippen LogP contribution in [0.25, 0.3) is 0 Å². The number of carbonyl (C=O) groups is 1. The third-order valence-electron chi connectivity index (χ3n) is 0.989. The quantitative estimate of drug-likeness (QED) is 0.747. The molecule has 1 rings (SSSR count). The number of rotatable bonds is 1. The molecule has 10 heavy (non-hydrogen) atoms. The summed E-state index contributed by atoms with van der Waals surface area (Å²) < 4.78 is 0.911. The molecular formula is C6H5IN2O. The van der Waals surface area contributed by atoms with Crippen LogP contribution in [-0.4, -0.2) is 10.9 Å². The molecule has 0 aliphatic rings. The molecule has 0 radical (unpaired) electrons. The Morgan fingerprint density at radius 2 is 2.30 bits per heavy atom. The summed E-state index contributed by atoms with van der Waals surface area (Å²) >= 11 is 2.07. The van der Waals surface area contributed by atoms with Crippen LogP contribution in [0.15, 0.2) is 18.5 Å². The molecule has 0 spiro atoms. The Balaban J connectivity index is 3.07. The number of primary amides is 1. The van der Waals surface area contributed by atoms with E-state index in [1.165, 1.54) is 6.20 Å². The molecule has 1 amide bonds. The van der Waals surface area contributed by atoms with Crippen LogP contribution in [0, 0.1) is 3.57 Å². The van der Waals surface area contributed by atoms with Crippen LogP contribution in [0.5, 0.6) is 0 Å². The molecule has 2 N–H and O–H groups in total. The van der Waals surface area contributed by atoms with Gasteiger partial charge in [0.1, 0.15) is 0 Å². The third kappa shape index (κ3) is 1.66. The highest BCUT2D eigenvalue weighted by atomic mass is 127. The molecule has 0 aliphatic heterocycles. The molecular weight excluding hydrogens is 243 g/mol. The molecule has 0 atom stereocenters. The van der Waals surface area contributed by atoms with Crippen LogP contribution in [0.1, 0.15) is 10.4 Å². The number of aromatic nitrogens is 1. The second kappa shape index (κ2) is 2.96. The van der Waals surface area contributed by atoms with Gasteiger partial charge in [-0.2, -0.15) is 0 Å². The predicted molar refractivity (Wildman–Crippen MR) is 45.5 cm³/mol. The number of nitrogens with two attached hydrogens (primary N) is 1. The molecule has 0 unspecified atom stereocenters. The Labute approximate surface area is 71.8 Å². The third-order valence-corrected chi connectivity index (χ3v) is 1.58. The van der Waals surface area contributed by atoms with Crippen LogP contribution >= 0.6 is 22.6 Å². The van der Waals surface area contributed by atoms with E-state index in [0.29, 0.717) is 5.56 Å². The summed E-state index contributed by atoms with van der Waals surface area (Å²) in [6.45, 7) is 0. The highest BCUT2D eigenvalue weighted by molar-refractivity contribution is 14.1. The maximum Gasteiger partial charge on any atom is 0.250 e. The van der Waals surface area contributed by atoms with Crippen molar-refractivity contribution in [2.24, 2.45) is 5.73 Å².